The summed E-state index contributed by atoms with van der Waals surface area (Å²) in [4.78, 5) is 12.3. The molecule has 1 aromatic carbocycles. The second kappa shape index (κ2) is 12.6. The van der Waals surface area contributed by atoms with Crippen LogP contribution in [0.15, 0.2) is 30.3 Å². The summed E-state index contributed by atoms with van der Waals surface area (Å²) < 4.78 is 0. The van der Waals surface area contributed by atoms with Crippen LogP contribution < -0.4 is 0 Å². The quantitative estimate of drug-likeness (QED) is 0.244. The lowest BCUT2D eigenvalue weighted by molar-refractivity contribution is 0.102. The Hall–Kier alpha value is -0.760. The number of benzene rings is 1. The molecule has 2 atom stereocenters. The summed E-state index contributed by atoms with van der Waals surface area (Å²) in [6.45, 7) is 4.59. The highest BCUT2D eigenvalue weighted by Crippen LogP contribution is 2.16. The predicted octanol–water partition coefficient (Wildman–Crippen LogP) is 6.04. The second-order valence-electron chi connectivity index (χ2n) is 6.70. The fourth-order valence-corrected chi connectivity index (χ4v) is 4.26. The molecule has 1 rings (SSSR count). The Morgan fingerprint density at radius 3 is 2.13 bits per heavy atom. The van der Waals surface area contributed by atoms with Gasteiger partial charge in [0.2, 0.25) is 5.78 Å². The number of unbranched alkanes of at least 4 members (excludes halogenated alkanes) is 7. The molecule has 0 bridgehead atoms. The van der Waals surface area contributed by atoms with E-state index >= 15 is 0 Å². The predicted molar refractivity (Wildman–Crippen MR) is 106 cm³/mol. The molecule has 1 nitrogen and oxygen atoms in total. The lowest BCUT2D eigenvalue weighted by Crippen LogP contribution is -2.25. The van der Waals surface area contributed by atoms with Crippen molar-refractivity contribution in [2.75, 3.05) is 12.0 Å². The van der Waals surface area contributed by atoms with Gasteiger partial charge in [-0.3, -0.25) is 4.79 Å². The van der Waals surface area contributed by atoms with Crippen LogP contribution in [0.4, 0.5) is 0 Å². The molecule has 2 heteroatoms. The molecule has 0 saturated carbocycles. The summed E-state index contributed by atoms with van der Waals surface area (Å²) in [5.41, 5.74) is 0.867. The molecule has 1 aromatic rings. The van der Waals surface area contributed by atoms with Crippen molar-refractivity contribution < 1.29 is 4.79 Å². The van der Waals surface area contributed by atoms with Crippen molar-refractivity contribution in [2.45, 2.75) is 76.9 Å². The SMILES string of the molecule is CCCCCCCCCC[C@H](C)[S@@+](C)CC(=O)c1ccccc1. The fourth-order valence-electron chi connectivity index (χ4n) is 2.82. The van der Waals surface area contributed by atoms with Gasteiger partial charge in [-0.25, -0.2) is 0 Å². The minimum Gasteiger partial charge on any atom is -0.289 e. The molecule has 130 valence electrons. The molecule has 0 aliphatic rings. The van der Waals surface area contributed by atoms with Crippen LogP contribution in [0.3, 0.4) is 0 Å². The van der Waals surface area contributed by atoms with E-state index in [1.807, 2.05) is 30.3 Å². The Bertz CT molecular complexity index is 415. The zero-order valence-corrected chi connectivity index (χ0v) is 16.2. The van der Waals surface area contributed by atoms with Crippen molar-refractivity contribution in [1.29, 1.82) is 0 Å². The average Bonchev–Trinajstić information content (AvgIpc) is 2.57. The van der Waals surface area contributed by atoms with Gasteiger partial charge in [-0.2, -0.15) is 0 Å². The summed E-state index contributed by atoms with van der Waals surface area (Å²) in [6.07, 6.45) is 14.6. The highest BCUT2D eigenvalue weighted by Gasteiger charge is 2.24. The van der Waals surface area contributed by atoms with Crippen LogP contribution in [-0.4, -0.2) is 23.0 Å². The van der Waals surface area contributed by atoms with Crippen LogP contribution in [0, 0.1) is 0 Å². The standard InChI is InChI=1S/C21H35OS/c1-4-5-6-7-8-9-10-12-15-19(2)23(3)18-21(22)20-16-13-11-14-17-20/h11,13-14,16-17,19H,4-10,12,15,18H2,1-3H3/q+1/t19-,23-/m0/s1. The van der Waals surface area contributed by atoms with Crippen molar-refractivity contribution in [3.63, 3.8) is 0 Å². The zero-order chi connectivity index (χ0) is 16.9. The zero-order valence-electron chi connectivity index (χ0n) is 15.4. The molecule has 0 aliphatic heterocycles. The molecule has 0 spiro atoms. The fraction of sp³-hybridized carbons (Fsp3) is 0.667. The number of ketones is 1. The van der Waals surface area contributed by atoms with E-state index in [0.717, 1.165) is 5.56 Å². The van der Waals surface area contributed by atoms with Gasteiger partial charge in [0.1, 0.15) is 5.25 Å². The maximum Gasteiger partial charge on any atom is 0.211 e. The maximum atomic E-state index is 12.3. The molecule has 0 N–H and O–H groups in total. The number of carbonyl (C=O) groups is 1. The summed E-state index contributed by atoms with van der Waals surface area (Å²) in [7, 11) is 0.194. The molecular weight excluding hydrogens is 300 g/mol. The Kier molecular flexibility index (Phi) is 11.1. The number of rotatable bonds is 13. The first-order chi connectivity index (χ1) is 11.1. The second-order valence-corrected chi connectivity index (χ2v) is 9.17. The highest BCUT2D eigenvalue weighted by atomic mass is 32.2. The van der Waals surface area contributed by atoms with Gasteiger partial charge in [0.25, 0.3) is 0 Å². The first-order valence-corrected chi connectivity index (χ1v) is 11.2. The topological polar surface area (TPSA) is 17.1 Å². The van der Waals surface area contributed by atoms with Gasteiger partial charge < -0.3 is 0 Å². The minimum absolute atomic E-state index is 0.194. The van der Waals surface area contributed by atoms with E-state index in [-0.39, 0.29) is 10.9 Å². The highest BCUT2D eigenvalue weighted by molar-refractivity contribution is 7.97. The van der Waals surface area contributed by atoms with Crippen molar-refractivity contribution in [3.05, 3.63) is 35.9 Å². The van der Waals surface area contributed by atoms with Gasteiger partial charge >= 0.3 is 0 Å². The monoisotopic (exact) mass is 335 g/mol. The third-order valence-electron chi connectivity index (χ3n) is 4.61. The van der Waals surface area contributed by atoms with E-state index < -0.39 is 0 Å². The third kappa shape index (κ3) is 9.20. The van der Waals surface area contributed by atoms with Gasteiger partial charge in [-0.1, -0.05) is 82.2 Å². The first kappa shape index (κ1) is 20.3. The summed E-state index contributed by atoms with van der Waals surface area (Å²) in [5.74, 6) is 1.02. The minimum atomic E-state index is 0.194. The van der Waals surface area contributed by atoms with Crippen molar-refractivity contribution in [1.82, 2.24) is 0 Å². The van der Waals surface area contributed by atoms with Crippen LogP contribution in [0.2, 0.25) is 0 Å². The summed E-state index contributed by atoms with van der Waals surface area (Å²) in [5, 5.41) is 0.669. The van der Waals surface area contributed by atoms with Crippen LogP contribution in [0.1, 0.15) is 82.0 Å². The van der Waals surface area contributed by atoms with E-state index in [0.29, 0.717) is 16.8 Å². The number of hydrogen-bond acceptors (Lipinski definition) is 1. The van der Waals surface area contributed by atoms with E-state index in [1.165, 1.54) is 57.8 Å². The Morgan fingerprint density at radius 1 is 0.957 bits per heavy atom. The molecule has 0 radical (unpaired) electrons. The Morgan fingerprint density at radius 2 is 1.52 bits per heavy atom. The van der Waals surface area contributed by atoms with Gasteiger partial charge in [0.05, 0.1) is 6.26 Å². The lowest BCUT2D eigenvalue weighted by Gasteiger charge is -2.11. The van der Waals surface area contributed by atoms with Crippen LogP contribution >= 0.6 is 0 Å². The molecule has 0 aromatic heterocycles. The largest absolute Gasteiger partial charge is 0.289 e. The van der Waals surface area contributed by atoms with E-state index in [2.05, 4.69) is 20.1 Å². The number of hydrogen-bond donors (Lipinski definition) is 0. The average molecular weight is 336 g/mol. The molecule has 0 unspecified atom stereocenters. The lowest BCUT2D eigenvalue weighted by atomic mass is 10.1. The Balaban J connectivity index is 2.12. The first-order valence-electron chi connectivity index (χ1n) is 9.34. The van der Waals surface area contributed by atoms with E-state index in [4.69, 9.17) is 0 Å². The van der Waals surface area contributed by atoms with Crippen molar-refractivity contribution in [3.8, 4) is 0 Å². The van der Waals surface area contributed by atoms with Gasteiger partial charge in [-0.05, 0) is 30.7 Å². The van der Waals surface area contributed by atoms with Gasteiger partial charge in [0, 0.05) is 5.56 Å². The smallest absolute Gasteiger partial charge is 0.211 e. The molecule has 0 heterocycles. The summed E-state index contributed by atoms with van der Waals surface area (Å²) >= 11 is 0. The van der Waals surface area contributed by atoms with E-state index in [9.17, 15) is 4.79 Å². The number of carbonyl (C=O) groups excluding carboxylic acids is 1. The number of Topliss-reactive ketones (excluding diaryl/α,β-unsaturated/α-hetero) is 1. The molecule has 0 amide bonds. The van der Waals surface area contributed by atoms with E-state index in [1.54, 1.807) is 0 Å². The van der Waals surface area contributed by atoms with Crippen molar-refractivity contribution >= 4 is 16.7 Å². The van der Waals surface area contributed by atoms with Crippen molar-refractivity contribution in [2.24, 2.45) is 0 Å². The molecule has 0 aliphatic carbocycles. The Labute approximate surface area is 146 Å². The van der Waals surface area contributed by atoms with Crippen LogP contribution in [0.5, 0.6) is 0 Å². The molecule has 0 saturated heterocycles. The normalized spacial score (nSPS) is 13.7. The van der Waals surface area contributed by atoms with Gasteiger partial charge in [-0.15, -0.1) is 0 Å². The van der Waals surface area contributed by atoms with Crippen LogP contribution in [-0.2, 0) is 10.9 Å². The third-order valence-corrected chi connectivity index (χ3v) is 6.93. The van der Waals surface area contributed by atoms with Gasteiger partial charge in [0.15, 0.2) is 5.75 Å². The molecule has 23 heavy (non-hydrogen) atoms. The summed E-state index contributed by atoms with van der Waals surface area (Å²) in [6, 6.07) is 9.73. The molecule has 0 fully saturated rings. The molecular formula is C21H35OS+. The maximum absolute atomic E-state index is 12.3. The van der Waals surface area contributed by atoms with Crippen LogP contribution in [0.25, 0.3) is 0 Å².